The molecule has 2 aliphatic rings. The summed E-state index contributed by atoms with van der Waals surface area (Å²) in [7, 11) is 0. The fourth-order valence-electron chi connectivity index (χ4n) is 4.62. The van der Waals surface area contributed by atoms with Gasteiger partial charge in [0.15, 0.2) is 0 Å². The van der Waals surface area contributed by atoms with Crippen LogP contribution in [0.2, 0.25) is 0 Å². The first kappa shape index (κ1) is 27.9. The third-order valence-electron chi connectivity index (χ3n) is 6.50. The van der Waals surface area contributed by atoms with Crippen molar-refractivity contribution in [2.45, 2.75) is 59.2 Å². The number of nitrogens with zero attached hydrogens (tertiary/aromatic N) is 4. The lowest BCUT2D eigenvalue weighted by Crippen LogP contribution is -2.49. The lowest BCUT2D eigenvalue weighted by molar-refractivity contribution is -0.127. The monoisotopic (exact) mass is 537 g/mol. The zero-order valence-electron chi connectivity index (χ0n) is 22.9. The Bertz CT molecular complexity index is 1190. The maximum Gasteiger partial charge on any atom is 0.410 e. The number of benzene rings is 1. The lowest BCUT2D eigenvalue weighted by Gasteiger charge is -2.35. The molecule has 1 aromatic heterocycles. The van der Waals surface area contributed by atoms with Crippen LogP contribution in [0.5, 0.6) is 0 Å². The maximum atomic E-state index is 13.5. The van der Waals surface area contributed by atoms with Gasteiger partial charge in [-0.15, -0.1) is 11.3 Å². The van der Waals surface area contributed by atoms with Crippen molar-refractivity contribution >= 4 is 40.9 Å². The molecular formula is C29H39N5O3S. The quantitative estimate of drug-likeness (QED) is 0.536. The summed E-state index contributed by atoms with van der Waals surface area (Å²) in [5.41, 5.74) is 9.47. The van der Waals surface area contributed by atoms with Crippen molar-refractivity contribution in [2.75, 3.05) is 32.7 Å². The second-order valence-corrected chi connectivity index (χ2v) is 11.9. The lowest BCUT2D eigenvalue weighted by atomic mass is 10.1. The van der Waals surface area contributed by atoms with Gasteiger partial charge < -0.3 is 20.3 Å². The van der Waals surface area contributed by atoms with Crippen LogP contribution in [0.3, 0.4) is 0 Å². The highest BCUT2D eigenvalue weighted by Crippen LogP contribution is 2.31. The van der Waals surface area contributed by atoms with E-state index in [4.69, 9.17) is 10.5 Å². The molecule has 2 amide bonds. The molecule has 1 saturated heterocycles. The van der Waals surface area contributed by atoms with Gasteiger partial charge in [0.2, 0.25) is 0 Å². The fraction of sp³-hybridized carbons (Fsp3) is 0.483. The topological polar surface area (TPSA) is 91.5 Å². The van der Waals surface area contributed by atoms with Crippen LogP contribution in [0.1, 0.15) is 56.5 Å². The van der Waals surface area contributed by atoms with Gasteiger partial charge in [0.05, 0.1) is 10.6 Å². The predicted molar refractivity (Wildman–Crippen MR) is 153 cm³/mol. The van der Waals surface area contributed by atoms with Crippen LogP contribution >= 0.6 is 11.3 Å². The van der Waals surface area contributed by atoms with Gasteiger partial charge in [-0.3, -0.25) is 9.69 Å². The zero-order valence-corrected chi connectivity index (χ0v) is 23.7. The molecular weight excluding hydrogens is 498 g/mol. The molecule has 1 aromatic carbocycles. The second kappa shape index (κ2) is 12.1. The number of hydrogen-bond donors (Lipinski definition) is 1. The average Bonchev–Trinajstić information content (AvgIpc) is 3.22. The molecule has 38 heavy (non-hydrogen) atoms. The molecule has 2 N–H and O–H groups in total. The largest absolute Gasteiger partial charge is 0.444 e. The molecule has 0 atom stereocenters. The number of ether oxygens (including phenoxy) is 1. The average molecular weight is 538 g/mol. The summed E-state index contributed by atoms with van der Waals surface area (Å²) in [5, 5.41) is 1.97. The number of aliphatic imine (C=N–C) groups is 1. The van der Waals surface area contributed by atoms with E-state index in [1.807, 2.05) is 43.2 Å². The number of carbonyl (C=O) groups is 2. The standard InChI is InChI=1S/C29H39N5O3S/c1-5-11-34(27(35)23-17-25-24(10-16-38-25)31-26(30)18-23)20-22-8-6-21(7-9-22)19-32-12-14-33(15-13-32)28(36)37-29(2,3)4/h6-10,16-17H,5,11-15,18-20H2,1-4H3,(H2,30,31). The molecule has 3 heterocycles. The number of amidine groups is 1. The van der Waals surface area contributed by atoms with Gasteiger partial charge in [-0.25, -0.2) is 9.79 Å². The van der Waals surface area contributed by atoms with Crippen LogP contribution in [0.25, 0.3) is 6.08 Å². The minimum Gasteiger partial charge on any atom is -0.444 e. The van der Waals surface area contributed by atoms with Crippen molar-refractivity contribution in [3.8, 4) is 0 Å². The summed E-state index contributed by atoms with van der Waals surface area (Å²) in [5.74, 6) is 0.479. The third kappa shape index (κ3) is 7.45. The molecule has 9 heteroatoms. The number of hydrogen-bond acceptors (Lipinski definition) is 7. The number of piperazine rings is 1. The smallest absolute Gasteiger partial charge is 0.410 e. The normalized spacial score (nSPS) is 16.3. The number of thiophene rings is 1. The second-order valence-electron chi connectivity index (χ2n) is 10.9. The molecule has 0 bridgehead atoms. The molecule has 1 fully saturated rings. The first-order chi connectivity index (χ1) is 18.1. The Labute approximate surface area is 229 Å². The van der Waals surface area contributed by atoms with E-state index in [0.29, 0.717) is 44.0 Å². The Morgan fingerprint density at radius 1 is 1.08 bits per heavy atom. The zero-order chi connectivity index (χ0) is 27.3. The number of fused-ring (bicyclic) bond motifs is 1. The molecule has 204 valence electrons. The minimum atomic E-state index is -0.477. The summed E-state index contributed by atoms with van der Waals surface area (Å²) >= 11 is 1.57. The third-order valence-corrected chi connectivity index (χ3v) is 7.35. The summed E-state index contributed by atoms with van der Waals surface area (Å²) < 4.78 is 5.50. The molecule has 0 saturated carbocycles. The van der Waals surface area contributed by atoms with Crippen molar-refractivity contribution in [2.24, 2.45) is 10.7 Å². The highest BCUT2D eigenvalue weighted by atomic mass is 32.1. The highest BCUT2D eigenvalue weighted by Gasteiger charge is 2.26. The number of nitrogens with two attached hydrogens (primary N) is 1. The molecule has 0 aliphatic carbocycles. The fourth-order valence-corrected chi connectivity index (χ4v) is 5.41. The SMILES string of the molecule is CCCN(Cc1ccc(CN2CCN(C(=O)OC(C)(C)C)CC2)cc1)C(=O)C1=Cc2sccc2N=C(N)C1. The Hall–Kier alpha value is -3.17. The number of amides is 2. The molecule has 8 nitrogen and oxygen atoms in total. The van der Waals surface area contributed by atoms with Crippen LogP contribution in [-0.2, 0) is 22.6 Å². The van der Waals surface area contributed by atoms with Crippen LogP contribution in [-0.4, -0.2) is 70.9 Å². The van der Waals surface area contributed by atoms with E-state index in [2.05, 4.69) is 41.1 Å². The minimum absolute atomic E-state index is 0.0122. The Balaban J connectivity index is 1.34. The maximum absolute atomic E-state index is 13.5. The van der Waals surface area contributed by atoms with Gasteiger partial charge in [-0.1, -0.05) is 31.2 Å². The first-order valence-corrected chi connectivity index (χ1v) is 14.2. The Morgan fingerprint density at radius 2 is 1.76 bits per heavy atom. The van der Waals surface area contributed by atoms with Crippen LogP contribution in [0, 0.1) is 0 Å². The van der Waals surface area contributed by atoms with Crippen molar-refractivity contribution in [1.82, 2.24) is 14.7 Å². The van der Waals surface area contributed by atoms with Gasteiger partial charge in [0, 0.05) is 57.8 Å². The van der Waals surface area contributed by atoms with Crippen molar-refractivity contribution in [1.29, 1.82) is 0 Å². The highest BCUT2D eigenvalue weighted by molar-refractivity contribution is 7.11. The summed E-state index contributed by atoms with van der Waals surface area (Å²) in [6.45, 7) is 12.8. The van der Waals surface area contributed by atoms with E-state index in [1.54, 1.807) is 16.2 Å². The number of rotatable bonds is 7. The molecule has 4 rings (SSSR count). The van der Waals surface area contributed by atoms with E-state index in [-0.39, 0.29) is 12.0 Å². The molecule has 2 aliphatic heterocycles. The van der Waals surface area contributed by atoms with Crippen LogP contribution < -0.4 is 5.73 Å². The van der Waals surface area contributed by atoms with Gasteiger partial charge in [0.1, 0.15) is 11.4 Å². The summed E-state index contributed by atoms with van der Waals surface area (Å²) in [6, 6.07) is 10.4. The van der Waals surface area contributed by atoms with E-state index in [1.165, 1.54) is 5.56 Å². The van der Waals surface area contributed by atoms with Crippen molar-refractivity contribution in [3.63, 3.8) is 0 Å². The molecule has 0 unspecified atom stereocenters. The Morgan fingerprint density at radius 3 is 2.42 bits per heavy atom. The first-order valence-electron chi connectivity index (χ1n) is 13.3. The van der Waals surface area contributed by atoms with E-state index >= 15 is 0 Å². The van der Waals surface area contributed by atoms with E-state index in [9.17, 15) is 9.59 Å². The van der Waals surface area contributed by atoms with Gasteiger partial charge in [-0.05, 0) is 55.8 Å². The summed E-state index contributed by atoms with van der Waals surface area (Å²) in [6.07, 6.45) is 2.94. The van der Waals surface area contributed by atoms with Gasteiger partial charge in [0.25, 0.3) is 5.91 Å². The number of carbonyl (C=O) groups excluding carboxylic acids is 2. The van der Waals surface area contributed by atoms with Crippen LogP contribution in [0.4, 0.5) is 10.5 Å². The van der Waals surface area contributed by atoms with Gasteiger partial charge >= 0.3 is 6.09 Å². The Kier molecular flexibility index (Phi) is 8.89. The molecule has 0 spiro atoms. The van der Waals surface area contributed by atoms with E-state index in [0.717, 1.165) is 42.2 Å². The van der Waals surface area contributed by atoms with Crippen LogP contribution in [0.15, 0.2) is 46.3 Å². The van der Waals surface area contributed by atoms with Gasteiger partial charge in [-0.2, -0.15) is 0 Å². The van der Waals surface area contributed by atoms with Crippen molar-refractivity contribution < 1.29 is 14.3 Å². The molecule has 2 aromatic rings. The van der Waals surface area contributed by atoms with E-state index < -0.39 is 5.60 Å². The molecule has 0 radical (unpaired) electrons. The predicted octanol–water partition coefficient (Wildman–Crippen LogP) is 5.02. The summed E-state index contributed by atoms with van der Waals surface area (Å²) in [4.78, 5) is 37.3. The van der Waals surface area contributed by atoms with Crippen molar-refractivity contribution in [3.05, 3.63) is 57.3 Å².